The molecule has 3 aromatic rings. The number of carbonyl (C=O) groups is 2. The van der Waals surface area contributed by atoms with Gasteiger partial charge in [-0.15, -0.1) is 11.3 Å². The number of rotatable bonds is 5. The number of thiazole rings is 1. The fourth-order valence-electron chi connectivity index (χ4n) is 3.80. The van der Waals surface area contributed by atoms with E-state index in [0.717, 1.165) is 33.8 Å². The highest BCUT2D eigenvalue weighted by molar-refractivity contribution is 7.16. The number of aryl methyl sites for hydroxylation is 1. The number of hydrogen-bond donors (Lipinski definition) is 1. The lowest BCUT2D eigenvalue weighted by Crippen LogP contribution is -2.33. The number of amides is 2. The number of carbonyl (C=O) groups excluding carboxylic acids is 2. The number of fused-ring (bicyclic) bond motifs is 1. The van der Waals surface area contributed by atoms with Crippen molar-refractivity contribution in [2.75, 3.05) is 16.8 Å². The van der Waals surface area contributed by atoms with Crippen LogP contribution in [0.2, 0.25) is 0 Å². The molecule has 2 amide bonds. The second kappa shape index (κ2) is 8.28. The summed E-state index contributed by atoms with van der Waals surface area (Å²) in [5.41, 5.74) is 3.94. The van der Waals surface area contributed by atoms with Crippen LogP contribution in [0.25, 0.3) is 11.3 Å². The Hall–Kier alpha value is -3.19. The van der Waals surface area contributed by atoms with Gasteiger partial charge in [-0.3, -0.25) is 14.9 Å². The number of ether oxygens (including phenoxy) is 1. The summed E-state index contributed by atoms with van der Waals surface area (Å²) in [6.07, 6.45) is 0.826. The van der Waals surface area contributed by atoms with Gasteiger partial charge in [0.1, 0.15) is 5.75 Å². The van der Waals surface area contributed by atoms with Gasteiger partial charge in [-0.1, -0.05) is 24.3 Å². The first-order valence-corrected chi connectivity index (χ1v) is 10.6. The standard InChI is InChI=1S/C23H23N3O3S/c1-14-11-18-12-17(9-10-20(18)26(14)16(3)27)22-15(2)30-23(25-22)24-21(28)13-29-19-7-5-4-6-8-19/h4-10,12,14H,11,13H2,1-3H3,(H,24,25,28). The van der Waals surface area contributed by atoms with Crippen LogP contribution >= 0.6 is 11.3 Å². The Labute approximate surface area is 179 Å². The number of nitrogens with one attached hydrogen (secondary N) is 1. The molecule has 0 aliphatic carbocycles. The van der Waals surface area contributed by atoms with Crippen molar-refractivity contribution >= 4 is 34.0 Å². The highest BCUT2D eigenvalue weighted by Gasteiger charge is 2.29. The molecule has 1 aromatic heterocycles. The van der Waals surface area contributed by atoms with Crippen molar-refractivity contribution in [2.24, 2.45) is 0 Å². The Morgan fingerprint density at radius 1 is 1.23 bits per heavy atom. The van der Waals surface area contributed by atoms with E-state index >= 15 is 0 Å². The lowest BCUT2D eigenvalue weighted by molar-refractivity contribution is -0.118. The first-order valence-electron chi connectivity index (χ1n) is 9.80. The van der Waals surface area contributed by atoms with Crippen molar-refractivity contribution in [1.82, 2.24) is 4.98 Å². The molecule has 0 spiro atoms. The minimum Gasteiger partial charge on any atom is -0.484 e. The van der Waals surface area contributed by atoms with Gasteiger partial charge >= 0.3 is 0 Å². The van der Waals surface area contributed by atoms with Gasteiger partial charge in [0, 0.05) is 29.1 Å². The Morgan fingerprint density at radius 3 is 2.73 bits per heavy atom. The van der Waals surface area contributed by atoms with Crippen LogP contribution in [0.1, 0.15) is 24.3 Å². The maximum absolute atomic E-state index is 12.2. The number of para-hydroxylation sites is 1. The minimum atomic E-state index is -0.251. The maximum Gasteiger partial charge on any atom is 0.264 e. The van der Waals surface area contributed by atoms with Crippen molar-refractivity contribution in [3.05, 3.63) is 59.0 Å². The molecule has 1 aliphatic heterocycles. The Balaban J connectivity index is 1.47. The quantitative estimate of drug-likeness (QED) is 0.661. The van der Waals surface area contributed by atoms with E-state index in [9.17, 15) is 9.59 Å². The average Bonchev–Trinajstić information content (AvgIpc) is 3.24. The molecule has 4 rings (SSSR count). The monoisotopic (exact) mass is 421 g/mol. The highest BCUT2D eigenvalue weighted by Crippen LogP contribution is 2.37. The van der Waals surface area contributed by atoms with Crippen LogP contribution in [0, 0.1) is 6.92 Å². The molecule has 1 unspecified atom stereocenters. The molecule has 0 saturated heterocycles. The third-order valence-electron chi connectivity index (χ3n) is 5.06. The van der Waals surface area contributed by atoms with Gasteiger partial charge in [-0.25, -0.2) is 4.98 Å². The molecule has 1 aliphatic rings. The number of anilines is 2. The Morgan fingerprint density at radius 2 is 2.00 bits per heavy atom. The van der Waals surface area contributed by atoms with Gasteiger partial charge in [0.25, 0.3) is 5.91 Å². The van der Waals surface area contributed by atoms with Crippen LogP contribution in [0.4, 0.5) is 10.8 Å². The van der Waals surface area contributed by atoms with Crippen LogP contribution in [0.3, 0.4) is 0 Å². The van der Waals surface area contributed by atoms with Crippen molar-refractivity contribution in [1.29, 1.82) is 0 Å². The number of nitrogens with zero attached hydrogens (tertiary/aromatic N) is 2. The van der Waals surface area contributed by atoms with Crippen molar-refractivity contribution in [3.8, 4) is 17.0 Å². The molecule has 30 heavy (non-hydrogen) atoms. The third-order valence-corrected chi connectivity index (χ3v) is 5.95. The van der Waals surface area contributed by atoms with E-state index in [1.165, 1.54) is 11.3 Å². The molecule has 1 N–H and O–H groups in total. The fraction of sp³-hybridized carbons (Fsp3) is 0.261. The topological polar surface area (TPSA) is 71.5 Å². The summed E-state index contributed by atoms with van der Waals surface area (Å²) in [4.78, 5) is 31.6. The zero-order chi connectivity index (χ0) is 21.3. The summed E-state index contributed by atoms with van der Waals surface area (Å²) in [5.74, 6) is 0.455. The largest absolute Gasteiger partial charge is 0.484 e. The summed E-state index contributed by atoms with van der Waals surface area (Å²) in [6, 6.07) is 15.4. The van der Waals surface area contributed by atoms with E-state index in [2.05, 4.69) is 23.3 Å². The van der Waals surface area contributed by atoms with Crippen LogP contribution in [0.5, 0.6) is 5.75 Å². The summed E-state index contributed by atoms with van der Waals surface area (Å²) in [6.45, 7) is 5.57. The minimum absolute atomic E-state index is 0.0570. The van der Waals surface area contributed by atoms with Crippen molar-refractivity contribution < 1.29 is 14.3 Å². The molecule has 0 radical (unpaired) electrons. The lowest BCUT2D eigenvalue weighted by Gasteiger charge is -2.20. The summed E-state index contributed by atoms with van der Waals surface area (Å²) in [5, 5.41) is 3.36. The molecule has 2 heterocycles. The average molecular weight is 422 g/mol. The molecule has 7 heteroatoms. The van der Waals surface area contributed by atoms with Gasteiger partial charge in [0.15, 0.2) is 11.7 Å². The number of hydrogen-bond acceptors (Lipinski definition) is 5. The van der Waals surface area contributed by atoms with Crippen LogP contribution in [-0.4, -0.2) is 29.4 Å². The molecule has 0 fully saturated rings. The van der Waals surface area contributed by atoms with E-state index in [0.29, 0.717) is 10.9 Å². The van der Waals surface area contributed by atoms with Crippen molar-refractivity contribution in [2.45, 2.75) is 33.2 Å². The smallest absolute Gasteiger partial charge is 0.264 e. The third kappa shape index (κ3) is 4.07. The zero-order valence-corrected chi connectivity index (χ0v) is 18.0. The molecule has 0 bridgehead atoms. The number of benzene rings is 2. The number of aromatic nitrogens is 1. The predicted octanol–water partition coefficient (Wildman–Crippen LogP) is 4.43. The van der Waals surface area contributed by atoms with E-state index in [1.54, 1.807) is 19.1 Å². The normalized spacial score (nSPS) is 15.0. The van der Waals surface area contributed by atoms with E-state index < -0.39 is 0 Å². The molecular formula is C23H23N3O3S. The molecule has 0 saturated carbocycles. The molecule has 6 nitrogen and oxygen atoms in total. The van der Waals surface area contributed by atoms with E-state index in [-0.39, 0.29) is 24.5 Å². The highest BCUT2D eigenvalue weighted by atomic mass is 32.1. The van der Waals surface area contributed by atoms with E-state index in [1.807, 2.05) is 42.2 Å². The zero-order valence-electron chi connectivity index (χ0n) is 17.1. The molecule has 1 atom stereocenters. The second-order valence-electron chi connectivity index (χ2n) is 7.36. The van der Waals surface area contributed by atoms with Gasteiger partial charge in [-0.2, -0.15) is 0 Å². The van der Waals surface area contributed by atoms with Gasteiger partial charge in [-0.05, 0) is 50.1 Å². The summed E-state index contributed by atoms with van der Waals surface area (Å²) >= 11 is 1.44. The molecule has 154 valence electrons. The predicted molar refractivity (Wildman–Crippen MR) is 119 cm³/mol. The van der Waals surface area contributed by atoms with Crippen molar-refractivity contribution in [3.63, 3.8) is 0 Å². The van der Waals surface area contributed by atoms with Gasteiger partial charge in [0.2, 0.25) is 5.91 Å². The van der Waals surface area contributed by atoms with Crippen LogP contribution < -0.4 is 15.0 Å². The maximum atomic E-state index is 12.2. The fourth-order valence-corrected chi connectivity index (χ4v) is 4.65. The first kappa shape index (κ1) is 20.1. The van der Waals surface area contributed by atoms with Gasteiger partial charge in [0.05, 0.1) is 5.69 Å². The lowest BCUT2D eigenvalue weighted by atomic mass is 10.0. The van der Waals surface area contributed by atoms with E-state index in [4.69, 9.17) is 4.74 Å². The molecular weight excluding hydrogens is 398 g/mol. The Bertz CT molecular complexity index is 1090. The van der Waals surface area contributed by atoms with Crippen LogP contribution in [-0.2, 0) is 16.0 Å². The second-order valence-corrected chi connectivity index (χ2v) is 8.56. The summed E-state index contributed by atoms with van der Waals surface area (Å²) in [7, 11) is 0. The van der Waals surface area contributed by atoms with Crippen LogP contribution in [0.15, 0.2) is 48.5 Å². The SMILES string of the molecule is CC(=O)N1c2ccc(-c3nc(NC(=O)COc4ccccc4)sc3C)cc2CC1C. The Kier molecular flexibility index (Phi) is 5.55. The molecule has 2 aromatic carbocycles. The summed E-state index contributed by atoms with van der Waals surface area (Å²) < 4.78 is 5.48. The first-order chi connectivity index (χ1) is 14.4. The van der Waals surface area contributed by atoms with Gasteiger partial charge < -0.3 is 9.64 Å².